The lowest BCUT2D eigenvalue weighted by Crippen LogP contribution is -2.23. The molecule has 0 atom stereocenters. The molecular weight excluding hydrogens is 274 g/mol. The van der Waals surface area contributed by atoms with E-state index in [1.807, 2.05) is 6.92 Å². The number of aromatic nitrogens is 2. The summed E-state index contributed by atoms with van der Waals surface area (Å²) in [5.74, 6) is -0.304. The number of H-pyrrole nitrogens is 1. The minimum Gasteiger partial charge on any atom is -0.383 e. The van der Waals surface area contributed by atoms with Gasteiger partial charge in [-0.1, -0.05) is 0 Å². The molecule has 0 spiro atoms. The molecule has 1 aromatic heterocycles. The summed E-state index contributed by atoms with van der Waals surface area (Å²) in [6, 6.07) is 4.19. The monoisotopic (exact) mass is 289 g/mol. The van der Waals surface area contributed by atoms with E-state index in [4.69, 9.17) is 0 Å². The summed E-state index contributed by atoms with van der Waals surface area (Å²) in [5, 5.41) is 22.9. The van der Waals surface area contributed by atoms with Crippen molar-refractivity contribution < 1.29 is 9.72 Å². The average molecular weight is 289 g/mol. The van der Waals surface area contributed by atoms with E-state index in [2.05, 4.69) is 20.8 Å². The number of nitrogens with one attached hydrogen (secondary N) is 3. The Morgan fingerprint density at radius 3 is 2.81 bits per heavy atom. The first-order valence-corrected chi connectivity index (χ1v) is 6.26. The summed E-state index contributed by atoms with van der Waals surface area (Å²) >= 11 is 0. The van der Waals surface area contributed by atoms with E-state index < -0.39 is 4.92 Å². The number of rotatable bonds is 5. The van der Waals surface area contributed by atoms with E-state index in [0.717, 1.165) is 11.3 Å². The highest BCUT2D eigenvalue weighted by Gasteiger charge is 2.16. The fourth-order valence-corrected chi connectivity index (χ4v) is 1.87. The van der Waals surface area contributed by atoms with Crippen LogP contribution in [0, 0.1) is 17.0 Å². The Kier molecular flexibility index (Phi) is 4.17. The Morgan fingerprint density at radius 2 is 2.24 bits per heavy atom. The zero-order valence-electron chi connectivity index (χ0n) is 11.6. The number of carbonyl (C=O) groups is 1. The first-order valence-electron chi connectivity index (χ1n) is 6.26. The van der Waals surface area contributed by atoms with Crippen LogP contribution in [0.3, 0.4) is 0 Å². The van der Waals surface area contributed by atoms with Gasteiger partial charge in [-0.25, -0.2) is 0 Å². The predicted molar refractivity (Wildman–Crippen MR) is 77.1 cm³/mol. The molecule has 0 aliphatic heterocycles. The van der Waals surface area contributed by atoms with Crippen LogP contribution in [0.1, 0.15) is 21.6 Å². The number of amides is 1. The molecule has 2 aromatic rings. The summed E-state index contributed by atoms with van der Waals surface area (Å²) < 4.78 is 0. The predicted octanol–water partition coefficient (Wildman–Crippen LogP) is 1.60. The maximum atomic E-state index is 12.1. The topological polar surface area (TPSA) is 113 Å². The quantitative estimate of drug-likeness (QED) is 0.571. The Morgan fingerprint density at radius 1 is 1.48 bits per heavy atom. The number of carbonyl (C=O) groups excluding carboxylic acids is 1. The van der Waals surface area contributed by atoms with Gasteiger partial charge in [0.15, 0.2) is 0 Å². The third-order valence-corrected chi connectivity index (χ3v) is 3.10. The number of anilines is 1. The zero-order valence-corrected chi connectivity index (χ0v) is 11.6. The molecule has 1 heterocycles. The molecule has 1 aromatic carbocycles. The summed E-state index contributed by atoms with van der Waals surface area (Å²) in [7, 11) is 1.57. The molecule has 0 radical (unpaired) electrons. The first-order chi connectivity index (χ1) is 10.0. The Balaban J connectivity index is 2.12. The van der Waals surface area contributed by atoms with E-state index in [9.17, 15) is 14.9 Å². The van der Waals surface area contributed by atoms with Gasteiger partial charge < -0.3 is 10.6 Å². The highest BCUT2D eigenvalue weighted by atomic mass is 16.6. The molecule has 0 saturated carbocycles. The Hall–Kier alpha value is -2.90. The molecule has 21 heavy (non-hydrogen) atoms. The third kappa shape index (κ3) is 3.16. The molecule has 8 heteroatoms. The van der Waals surface area contributed by atoms with Crippen molar-refractivity contribution in [2.75, 3.05) is 12.4 Å². The second kappa shape index (κ2) is 6.04. The summed E-state index contributed by atoms with van der Waals surface area (Å²) in [6.07, 6.45) is 1.64. The number of nitrogens with zero attached hydrogens (tertiary/aromatic N) is 2. The van der Waals surface area contributed by atoms with Gasteiger partial charge in [0.25, 0.3) is 11.6 Å². The van der Waals surface area contributed by atoms with E-state index in [-0.39, 0.29) is 11.6 Å². The number of nitro groups is 1. The van der Waals surface area contributed by atoms with Gasteiger partial charge in [0, 0.05) is 36.5 Å². The van der Waals surface area contributed by atoms with Gasteiger partial charge in [-0.3, -0.25) is 20.0 Å². The van der Waals surface area contributed by atoms with Crippen LogP contribution in [-0.4, -0.2) is 28.1 Å². The van der Waals surface area contributed by atoms with Gasteiger partial charge in [0.1, 0.15) is 5.69 Å². The molecule has 0 saturated heterocycles. The smallest absolute Gasteiger partial charge is 0.292 e. The number of benzene rings is 1. The van der Waals surface area contributed by atoms with E-state index in [1.165, 1.54) is 18.2 Å². The number of aryl methyl sites for hydroxylation is 1. The van der Waals surface area contributed by atoms with Gasteiger partial charge >= 0.3 is 0 Å². The van der Waals surface area contributed by atoms with Crippen molar-refractivity contribution in [2.45, 2.75) is 13.5 Å². The molecule has 2 rings (SSSR count). The van der Waals surface area contributed by atoms with Crippen molar-refractivity contribution in [3.05, 3.63) is 51.3 Å². The van der Waals surface area contributed by atoms with E-state index >= 15 is 0 Å². The minimum atomic E-state index is -0.498. The number of hydrogen-bond donors (Lipinski definition) is 3. The number of nitro benzene ring substituents is 1. The van der Waals surface area contributed by atoms with Gasteiger partial charge in [-0.05, 0) is 19.1 Å². The SMILES string of the molecule is CNc1cc(C(=O)NCc2cn[nH]c2C)ccc1[N+](=O)[O-]. The van der Waals surface area contributed by atoms with Gasteiger partial charge in [-0.2, -0.15) is 5.10 Å². The van der Waals surface area contributed by atoms with Crippen LogP contribution in [0.4, 0.5) is 11.4 Å². The van der Waals surface area contributed by atoms with Crippen LogP contribution >= 0.6 is 0 Å². The van der Waals surface area contributed by atoms with E-state index in [0.29, 0.717) is 17.8 Å². The lowest BCUT2D eigenvalue weighted by Gasteiger charge is -2.07. The van der Waals surface area contributed by atoms with Gasteiger partial charge in [-0.15, -0.1) is 0 Å². The highest BCUT2D eigenvalue weighted by molar-refractivity contribution is 5.95. The molecule has 8 nitrogen and oxygen atoms in total. The molecule has 0 unspecified atom stereocenters. The van der Waals surface area contributed by atoms with Crippen molar-refractivity contribution >= 4 is 17.3 Å². The molecule has 0 aliphatic rings. The molecule has 0 aliphatic carbocycles. The lowest BCUT2D eigenvalue weighted by atomic mass is 10.1. The Labute approximate surface area is 120 Å². The van der Waals surface area contributed by atoms with Crippen LogP contribution < -0.4 is 10.6 Å². The molecule has 1 amide bonds. The fourth-order valence-electron chi connectivity index (χ4n) is 1.87. The molecule has 110 valence electrons. The molecule has 0 bridgehead atoms. The summed E-state index contributed by atoms with van der Waals surface area (Å²) in [5.41, 5.74) is 2.35. The van der Waals surface area contributed by atoms with Crippen LogP contribution in [-0.2, 0) is 6.54 Å². The van der Waals surface area contributed by atoms with Crippen LogP contribution in [0.2, 0.25) is 0 Å². The van der Waals surface area contributed by atoms with Crippen LogP contribution in [0.15, 0.2) is 24.4 Å². The fraction of sp³-hybridized carbons (Fsp3) is 0.231. The second-order valence-electron chi connectivity index (χ2n) is 4.44. The first kappa shape index (κ1) is 14.5. The Bertz CT molecular complexity index is 680. The van der Waals surface area contributed by atoms with E-state index in [1.54, 1.807) is 13.2 Å². The van der Waals surface area contributed by atoms with Crippen molar-refractivity contribution in [1.29, 1.82) is 0 Å². The standard InChI is InChI=1S/C13H15N5O3/c1-8-10(7-16-17-8)6-15-13(19)9-3-4-12(18(20)21)11(5-9)14-2/h3-5,7,14H,6H2,1-2H3,(H,15,19)(H,16,17). The third-order valence-electron chi connectivity index (χ3n) is 3.10. The van der Waals surface area contributed by atoms with Crippen molar-refractivity contribution in [3.8, 4) is 0 Å². The lowest BCUT2D eigenvalue weighted by molar-refractivity contribution is -0.383. The maximum absolute atomic E-state index is 12.1. The highest BCUT2D eigenvalue weighted by Crippen LogP contribution is 2.24. The summed E-state index contributed by atoms with van der Waals surface area (Å²) in [4.78, 5) is 22.4. The summed E-state index contributed by atoms with van der Waals surface area (Å²) in [6.45, 7) is 2.20. The molecular formula is C13H15N5O3. The van der Waals surface area contributed by atoms with Gasteiger partial charge in [0.05, 0.1) is 11.1 Å². The van der Waals surface area contributed by atoms with Crippen molar-refractivity contribution in [1.82, 2.24) is 15.5 Å². The zero-order chi connectivity index (χ0) is 15.4. The van der Waals surface area contributed by atoms with Crippen LogP contribution in [0.5, 0.6) is 0 Å². The largest absolute Gasteiger partial charge is 0.383 e. The van der Waals surface area contributed by atoms with Crippen molar-refractivity contribution in [2.24, 2.45) is 0 Å². The van der Waals surface area contributed by atoms with Crippen molar-refractivity contribution in [3.63, 3.8) is 0 Å². The average Bonchev–Trinajstić information content (AvgIpc) is 2.89. The molecule has 3 N–H and O–H groups in total. The van der Waals surface area contributed by atoms with Gasteiger partial charge in [0.2, 0.25) is 0 Å². The van der Waals surface area contributed by atoms with Crippen LogP contribution in [0.25, 0.3) is 0 Å². The normalized spacial score (nSPS) is 10.2. The minimum absolute atomic E-state index is 0.0697. The number of aromatic amines is 1. The number of hydrogen-bond acceptors (Lipinski definition) is 5. The molecule has 0 fully saturated rings. The maximum Gasteiger partial charge on any atom is 0.292 e. The second-order valence-corrected chi connectivity index (χ2v) is 4.44.